The summed E-state index contributed by atoms with van der Waals surface area (Å²) < 4.78 is 26.7. The van der Waals surface area contributed by atoms with Crippen LogP contribution in [0.15, 0.2) is 0 Å². The maximum absolute atomic E-state index is 12.5. The molecule has 0 radical (unpaired) electrons. The highest BCUT2D eigenvalue weighted by atomic mass is 32.2. The fourth-order valence-electron chi connectivity index (χ4n) is 2.67. The van der Waals surface area contributed by atoms with E-state index in [-0.39, 0.29) is 0 Å². The summed E-state index contributed by atoms with van der Waals surface area (Å²) in [4.78, 5) is 0. The summed E-state index contributed by atoms with van der Waals surface area (Å²) in [6.45, 7) is 7.70. The van der Waals surface area contributed by atoms with E-state index in [1.54, 1.807) is 4.31 Å². The van der Waals surface area contributed by atoms with Crippen molar-refractivity contribution in [2.45, 2.75) is 58.8 Å². The van der Waals surface area contributed by atoms with Gasteiger partial charge in [-0.1, -0.05) is 26.7 Å². The molecule has 0 amide bonds. The largest absolute Gasteiger partial charge is 0.317 e. The molecule has 1 aliphatic heterocycles. The molecule has 120 valence electrons. The van der Waals surface area contributed by atoms with Crippen molar-refractivity contribution in [3.63, 3.8) is 0 Å². The van der Waals surface area contributed by atoms with Crippen LogP contribution in [0.25, 0.3) is 0 Å². The van der Waals surface area contributed by atoms with Crippen LogP contribution in [0.5, 0.6) is 0 Å². The van der Waals surface area contributed by atoms with E-state index in [0.29, 0.717) is 24.8 Å². The number of piperidine rings is 1. The van der Waals surface area contributed by atoms with Gasteiger partial charge in [0.2, 0.25) is 10.0 Å². The fourth-order valence-corrected chi connectivity index (χ4v) is 4.38. The van der Waals surface area contributed by atoms with E-state index in [1.807, 2.05) is 0 Å². The first-order valence-corrected chi connectivity index (χ1v) is 9.89. The molecule has 1 N–H and O–H groups in total. The first kappa shape index (κ1) is 17.9. The molecular formula is C15H32N2O2S. The molecule has 0 bridgehead atoms. The molecular weight excluding hydrogens is 272 g/mol. The van der Waals surface area contributed by atoms with Gasteiger partial charge in [0.25, 0.3) is 0 Å². The number of rotatable bonds is 10. The number of nitrogens with zero attached hydrogens (tertiary/aromatic N) is 1. The highest BCUT2D eigenvalue weighted by molar-refractivity contribution is 7.89. The van der Waals surface area contributed by atoms with Gasteiger partial charge in [0.15, 0.2) is 0 Å². The predicted molar refractivity (Wildman–Crippen MR) is 85.4 cm³/mol. The molecule has 0 unspecified atom stereocenters. The first-order valence-electron chi connectivity index (χ1n) is 8.28. The van der Waals surface area contributed by atoms with Gasteiger partial charge in [-0.15, -0.1) is 0 Å². The number of sulfonamides is 1. The van der Waals surface area contributed by atoms with Crippen molar-refractivity contribution in [3.05, 3.63) is 0 Å². The lowest BCUT2D eigenvalue weighted by Crippen LogP contribution is -2.36. The van der Waals surface area contributed by atoms with Crippen molar-refractivity contribution in [1.29, 1.82) is 0 Å². The van der Waals surface area contributed by atoms with Crippen LogP contribution >= 0.6 is 0 Å². The Balaban J connectivity index is 2.47. The van der Waals surface area contributed by atoms with E-state index in [9.17, 15) is 8.42 Å². The van der Waals surface area contributed by atoms with Gasteiger partial charge in [0.1, 0.15) is 0 Å². The van der Waals surface area contributed by atoms with Crippen LogP contribution in [-0.2, 0) is 10.0 Å². The van der Waals surface area contributed by atoms with Gasteiger partial charge in [-0.3, -0.25) is 0 Å². The monoisotopic (exact) mass is 304 g/mol. The maximum atomic E-state index is 12.5. The molecule has 0 aliphatic carbocycles. The molecule has 0 spiro atoms. The Morgan fingerprint density at radius 3 is 2.10 bits per heavy atom. The van der Waals surface area contributed by atoms with Crippen LogP contribution < -0.4 is 5.32 Å². The second-order valence-corrected chi connectivity index (χ2v) is 7.99. The smallest absolute Gasteiger partial charge is 0.214 e. The van der Waals surface area contributed by atoms with Crippen molar-refractivity contribution in [1.82, 2.24) is 9.62 Å². The molecule has 1 heterocycles. The summed E-state index contributed by atoms with van der Waals surface area (Å²) in [6, 6.07) is 0. The summed E-state index contributed by atoms with van der Waals surface area (Å²) in [7, 11) is -3.05. The lowest BCUT2D eigenvalue weighted by Gasteiger charge is -2.25. The SMILES string of the molecule is CCCCN(CCCC)S(=O)(=O)CCC1CCNCC1. The quantitative estimate of drug-likeness (QED) is 0.675. The molecule has 1 saturated heterocycles. The first-order chi connectivity index (χ1) is 9.60. The highest BCUT2D eigenvalue weighted by Gasteiger charge is 2.23. The molecule has 1 fully saturated rings. The van der Waals surface area contributed by atoms with Crippen molar-refractivity contribution < 1.29 is 8.42 Å². The van der Waals surface area contributed by atoms with Crippen molar-refractivity contribution in [3.8, 4) is 0 Å². The molecule has 5 heteroatoms. The van der Waals surface area contributed by atoms with E-state index < -0.39 is 10.0 Å². The standard InChI is InChI=1S/C15H32N2O2S/c1-3-5-12-17(13-6-4-2)20(18,19)14-9-15-7-10-16-11-8-15/h15-16H,3-14H2,1-2H3. The number of unbranched alkanes of at least 4 members (excludes halogenated alkanes) is 2. The second kappa shape index (κ2) is 9.74. The van der Waals surface area contributed by atoms with Crippen LogP contribution in [0, 0.1) is 5.92 Å². The van der Waals surface area contributed by atoms with Gasteiger partial charge in [0.05, 0.1) is 5.75 Å². The van der Waals surface area contributed by atoms with Gasteiger partial charge in [-0.25, -0.2) is 12.7 Å². The average molecular weight is 305 g/mol. The van der Waals surface area contributed by atoms with Gasteiger partial charge in [0, 0.05) is 13.1 Å². The minimum absolute atomic E-state index is 0.338. The molecule has 0 atom stereocenters. The maximum Gasteiger partial charge on any atom is 0.214 e. The minimum atomic E-state index is -3.05. The number of hydrogen-bond donors (Lipinski definition) is 1. The summed E-state index contributed by atoms with van der Waals surface area (Å²) in [5, 5.41) is 3.33. The molecule has 1 rings (SSSR count). The lowest BCUT2D eigenvalue weighted by molar-refractivity contribution is 0.356. The average Bonchev–Trinajstić information content (AvgIpc) is 2.46. The zero-order valence-electron chi connectivity index (χ0n) is 13.2. The van der Waals surface area contributed by atoms with E-state index >= 15 is 0 Å². The van der Waals surface area contributed by atoms with Crippen molar-refractivity contribution >= 4 is 10.0 Å². The third-order valence-electron chi connectivity index (χ3n) is 4.16. The summed E-state index contributed by atoms with van der Waals surface area (Å²) in [6.07, 6.45) is 7.11. The molecule has 20 heavy (non-hydrogen) atoms. The third kappa shape index (κ3) is 6.55. The van der Waals surface area contributed by atoms with E-state index in [4.69, 9.17) is 0 Å². The predicted octanol–water partition coefficient (Wildman–Crippen LogP) is 2.61. The van der Waals surface area contributed by atoms with Crippen LogP contribution in [0.2, 0.25) is 0 Å². The van der Waals surface area contributed by atoms with Crippen LogP contribution in [0.1, 0.15) is 58.8 Å². The normalized spacial score (nSPS) is 17.8. The Morgan fingerprint density at radius 2 is 1.60 bits per heavy atom. The Kier molecular flexibility index (Phi) is 8.73. The zero-order valence-corrected chi connectivity index (χ0v) is 14.1. The Morgan fingerprint density at radius 1 is 1.05 bits per heavy atom. The van der Waals surface area contributed by atoms with E-state index in [2.05, 4.69) is 19.2 Å². The summed E-state index contributed by atoms with van der Waals surface area (Å²) in [5.41, 5.74) is 0. The second-order valence-electron chi connectivity index (χ2n) is 5.90. The Bertz CT molecular complexity index is 330. The van der Waals surface area contributed by atoms with Gasteiger partial charge >= 0.3 is 0 Å². The zero-order chi connectivity index (χ0) is 14.8. The van der Waals surface area contributed by atoms with Crippen LogP contribution in [-0.4, -0.2) is 44.7 Å². The topological polar surface area (TPSA) is 49.4 Å². The number of nitrogens with one attached hydrogen (secondary N) is 1. The van der Waals surface area contributed by atoms with Gasteiger partial charge < -0.3 is 5.32 Å². The minimum Gasteiger partial charge on any atom is -0.317 e. The lowest BCUT2D eigenvalue weighted by atomic mass is 9.96. The Labute approximate surface area is 125 Å². The Hall–Kier alpha value is -0.130. The molecule has 0 aromatic heterocycles. The number of hydrogen-bond acceptors (Lipinski definition) is 3. The molecule has 4 nitrogen and oxygen atoms in total. The highest BCUT2D eigenvalue weighted by Crippen LogP contribution is 2.18. The summed E-state index contributed by atoms with van der Waals surface area (Å²) >= 11 is 0. The molecule has 0 aromatic rings. The van der Waals surface area contributed by atoms with Crippen molar-refractivity contribution in [2.24, 2.45) is 5.92 Å². The van der Waals surface area contributed by atoms with Crippen LogP contribution in [0.4, 0.5) is 0 Å². The van der Waals surface area contributed by atoms with Gasteiger partial charge in [-0.05, 0) is 51.1 Å². The molecule has 0 aromatic carbocycles. The fraction of sp³-hybridized carbons (Fsp3) is 1.00. The molecule has 1 aliphatic rings. The van der Waals surface area contributed by atoms with Crippen LogP contribution in [0.3, 0.4) is 0 Å². The summed E-state index contributed by atoms with van der Waals surface area (Å²) in [5.74, 6) is 0.927. The third-order valence-corrected chi connectivity index (χ3v) is 6.06. The van der Waals surface area contributed by atoms with Gasteiger partial charge in [-0.2, -0.15) is 0 Å². The van der Waals surface area contributed by atoms with Crippen molar-refractivity contribution in [2.75, 3.05) is 31.9 Å². The molecule has 0 saturated carbocycles. The van der Waals surface area contributed by atoms with E-state index in [0.717, 1.165) is 58.0 Å². The van der Waals surface area contributed by atoms with E-state index in [1.165, 1.54) is 0 Å².